The number of aromatic nitrogens is 1. The van der Waals surface area contributed by atoms with Gasteiger partial charge in [-0.3, -0.25) is 4.79 Å². The van der Waals surface area contributed by atoms with Crippen molar-refractivity contribution in [1.82, 2.24) is 20.5 Å². The Morgan fingerprint density at radius 1 is 1.31 bits per heavy atom. The Hall–Kier alpha value is -3.85. The Balaban J connectivity index is 1.38. The normalized spacial score (nSPS) is 20.1. The number of nitrogens with zero attached hydrogens (tertiary/aromatic N) is 3. The second-order valence-electron chi connectivity index (χ2n) is 9.76. The van der Waals surface area contributed by atoms with Gasteiger partial charge in [-0.05, 0) is 60.4 Å². The number of halogens is 2. The molecule has 2 aromatic rings. The van der Waals surface area contributed by atoms with E-state index in [-0.39, 0.29) is 36.4 Å². The molecule has 1 amide bonds. The Labute approximate surface area is 226 Å². The van der Waals surface area contributed by atoms with Gasteiger partial charge in [-0.1, -0.05) is 25.1 Å². The SMILES string of the molecule is C/C=c1/ccc(C2=CNCC(N3CCC3)=N2)n/c1=C/C(=C/CC)CNC(=O)c1cc(F)c2c(c1)C(F)COC2. The van der Waals surface area contributed by atoms with Gasteiger partial charge in [0, 0.05) is 37.0 Å². The lowest BCUT2D eigenvalue weighted by atomic mass is 9.98. The number of pyridine rings is 1. The molecule has 4 heterocycles. The zero-order chi connectivity index (χ0) is 27.4. The summed E-state index contributed by atoms with van der Waals surface area (Å²) in [6, 6.07) is 6.53. The van der Waals surface area contributed by atoms with Crippen LogP contribution in [0.1, 0.15) is 60.0 Å². The van der Waals surface area contributed by atoms with Crippen molar-refractivity contribution in [2.24, 2.45) is 4.99 Å². The zero-order valence-electron chi connectivity index (χ0n) is 22.3. The third kappa shape index (κ3) is 5.93. The lowest BCUT2D eigenvalue weighted by Crippen LogP contribution is -2.46. The molecule has 1 fully saturated rings. The first-order valence-corrected chi connectivity index (χ1v) is 13.4. The molecule has 1 saturated heterocycles. The molecule has 3 aliphatic rings. The number of alkyl halides is 1. The zero-order valence-corrected chi connectivity index (χ0v) is 22.3. The quantitative estimate of drug-likeness (QED) is 0.597. The average Bonchev–Trinajstić information content (AvgIpc) is 2.91. The Kier molecular flexibility index (Phi) is 8.16. The van der Waals surface area contributed by atoms with E-state index in [1.807, 2.05) is 50.4 Å². The molecule has 0 spiro atoms. The first kappa shape index (κ1) is 26.7. The monoisotopic (exact) mass is 533 g/mol. The summed E-state index contributed by atoms with van der Waals surface area (Å²) >= 11 is 0. The summed E-state index contributed by atoms with van der Waals surface area (Å²) in [7, 11) is 0. The van der Waals surface area contributed by atoms with Crippen molar-refractivity contribution in [3.8, 4) is 0 Å². The number of aliphatic imine (C=N–C) groups is 1. The molecular weight excluding hydrogens is 500 g/mol. The molecule has 1 unspecified atom stereocenters. The smallest absolute Gasteiger partial charge is 0.251 e. The molecule has 39 heavy (non-hydrogen) atoms. The number of nitrogens with one attached hydrogen (secondary N) is 2. The molecule has 1 aromatic heterocycles. The molecule has 3 aliphatic heterocycles. The molecule has 1 aromatic carbocycles. The molecule has 9 heteroatoms. The van der Waals surface area contributed by atoms with E-state index in [4.69, 9.17) is 14.7 Å². The van der Waals surface area contributed by atoms with Crippen molar-refractivity contribution in [2.45, 2.75) is 39.5 Å². The Bertz CT molecular complexity index is 1480. The molecule has 2 N–H and O–H groups in total. The van der Waals surface area contributed by atoms with E-state index in [1.165, 1.54) is 12.5 Å². The lowest BCUT2D eigenvalue weighted by molar-refractivity contribution is 0.0488. The minimum Gasteiger partial charge on any atom is -0.382 e. The molecule has 0 saturated carbocycles. The van der Waals surface area contributed by atoms with Gasteiger partial charge in [0.2, 0.25) is 0 Å². The number of likely N-dealkylation sites (tertiary alicyclic amines) is 1. The molecule has 7 nitrogen and oxygen atoms in total. The Morgan fingerprint density at radius 3 is 2.90 bits per heavy atom. The van der Waals surface area contributed by atoms with Crippen molar-refractivity contribution >= 4 is 29.6 Å². The predicted octanol–water partition coefficient (Wildman–Crippen LogP) is 3.11. The summed E-state index contributed by atoms with van der Waals surface area (Å²) in [5.41, 5.74) is 2.82. The van der Waals surface area contributed by atoms with Crippen LogP contribution in [-0.4, -0.2) is 54.4 Å². The highest BCUT2D eigenvalue weighted by atomic mass is 19.1. The van der Waals surface area contributed by atoms with Crippen molar-refractivity contribution in [3.05, 3.63) is 80.9 Å². The van der Waals surface area contributed by atoms with Crippen molar-refractivity contribution in [3.63, 3.8) is 0 Å². The number of amidine groups is 1. The highest BCUT2D eigenvalue weighted by Gasteiger charge is 2.25. The van der Waals surface area contributed by atoms with Crippen molar-refractivity contribution < 1.29 is 18.3 Å². The highest BCUT2D eigenvalue weighted by molar-refractivity contribution is 5.95. The summed E-state index contributed by atoms with van der Waals surface area (Å²) in [5.74, 6) is -0.0794. The third-order valence-corrected chi connectivity index (χ3v) is 7.08. The van der Waals surface area contributed by atoms with Crippen LogP contribution in [0.5, 0.6) is 0 Å². The summed E-state index contributed by atoms with van der Waals surface area (Å²) in [5, 5.41) is 7.88. The van der Waals surface area contributed by atoms with E-state index in [0.717, 1.165) is 58.9 Å². The molecule has 204 valence electrons. The van der Waals surface area contributed by atoms with Gasteiger partial charge in [0.05, 0.1) is 30.8 Å². The standard InChI is InChI=1S/C30H33F2N5O2/c1-3-6-19(14-34-30(38)21-12-22-23(24(31)13-21)17-39-18-25(22)32)11-27-20(4-2)7-8-26(35-27)28-15-33-16-29(36-28)37-9-5-10-37/h4,6-8,11-13,15,25,33H,3,5,9-10,14,16-18H2,1-2H3,(H,34,38)/b19-6-,20-4-,27-11+. The minimum absolute atomic E-state index is 0.00250. The van der Waals surface area contributed by atoms with Crippen LogP contribution in [0.25, 0.3) is 17.8 Å². The van der Waals surface area contributed by atoms with Gasteiger partial charge < -0.3 is 20.3 Å². The summed E-state index contributed by atoms with van der Waals surface area (Å²) in [6.07, 6.45) is 8.32. The predicted molar refractivity (Wildman–Crippen MR) is 148 cm³/mol. The van der Waals surface area contributed by atoms with E-state index >= 15 is 0 Å². The fourth-order valence-electron chi connectivity index (χ4n) is 4.81. The van der Waals surface area contributed by atoms with Crippen LogP contribution in [0.3, 0.4) is 0 Å². The largest absolute Gasteiger partial charge is 0.382 e. The van der Waals surface area contributed by atoms with Crippen LogP contribution in [0, 0.1) is 5.82 Å². The molecule has 0 aliphatic carbocycles. The first-order valence-electron chi connectivity index (χ1n) is 13.4. The second-order valence-corrected chi connectivity index (χ2v) is 9.76. The number of hydrogen-bond donors (Lipinski definition) is 2. The van der Waals surface area contributed by atoms with Crippen LogP contribution in [0.15, 0.2) is 47.1 Å². The number of amides is 1. The van der Waals surface area contributed by atoms with Crippen LogP contribution in [0.2, 0.25) is 0 Å². The fourth-order valence-corrected chi connectivity index (χ4v) is 4.81. The van der Waals surface area contributed by atoms with Gasteiger partial charge in [0.1, 0.15) is 23.5 Å². The summed E-state index contributed by atoms with van der Waals surface area (Å²) < 4.78 is 34.0. The van der Waals surface area contributed by atoms with E-state index < -0.39 is 17.9 Å². The van der Waals surface area contributed by atoms with E-state index in [9.17, 15) is 13.6 Å². The maximum Gasteiger partial charge on any atom is 0.251 e. The summed E-state index contributed by atoms with van der Waals surface area (Å²) in [4.78, 5) is 24.9. The average molecular weight is 534 g/mol. The second kappa shape index (κ2) is 11.9. The third-order valence-electron chi connectivity index (χ3n) is 7.08. The first-order chi connectivity index (χ1) is 19.0. The number of hydrogen-bond acceptors (Lipinski definition) is 6. The highest BCUT2D eigenvalue weighted by Crippen LogP contribution is 2.30. The lowest BCUT2D eigenvalue weighted by Gasteiger charge is -2.35. The van der Waals surface area contributed by atoms with Gasteiger partial charge in [-0.2, -0.15) is 0 Å². The van der Waals surface area contributed by atoms with Gasteiger partial charge in [-0.25, -0.2) is 18.8 Å². The van der Waals surface area contributed by atoms with Crippen molar-refractivity contribution in [1.29, 1.82) is 0 Å². The number of carbonyl (C=O) groups excluding carboxylic acids is 1. The van der Waals surface area contributed by atoms with Crippen LogP contribution in [-0.2, 0) is 11.3 Å². The summed E-state index contributed by atoms with van der Waals surface area (Å²) in [6.45, 7) is 6.81. The molecule has 0 bridgehead atoms. The number of fused-ring (bicyclic) bond motifs is 1. The van der Waals surface area contributed by atoms with Crippen molar-refractivity contribution in [2.75, 3.05) is 32.8 Å². The van der Waals surface area contributed by atoms with E-state index in [2.05, 4.69) is 15.5 Å². The minimum atomic E-state index is -1.46. The molecule has 0 radical (unpaired) electrons. The maximum atomic E-state index is 14.6. The van der Waals surface area contributed by atoms with Crippen LogP contribution < -0.4 is 21.2 Å². The molecule has 1 atom stereocenters. The fraction of sp³-hybridized carbons (Fsp3) is 0.367. The Morgan fingerprint density at radius 2 is 2.15 bits per heavy atom. The molecule has 5 rings (SSSR count). The van der Waals surface area contributed by atoms with E-state index in [1.54, 1.807) is 0 Å². The van der Waals surface area contributed by atoms with Gasteiger partial charge >= 0.3 is 0 Å². The van der Waals surface area contributed by atoms with Gasteiger partial charge in [0.15, 0.2) is 0 Å². The van der Waals surface area contributed by atoms with Crippen LogP contribution >= 0.6 is 0 Å². The molecular formula is C30H33F2N5O2. The number of benzene rings is 1. The van der Waals surface area contributed by atoms with Gasteiger partial charge in [0.25, 0.3) is 5.91 Å². The topological polar surface area (TPSA) is 78.9 Å². The number of carbonyl (C=O) groups is 1. The van der Waals surface area contributed by atoms with Gasteiger partial charge in [-0.15, -0.1) is 0 Å². The number of ether oxygens (including phenoxy) is 1. The number of allylic oxidation sites excluding steroid dienone is 1. The van der Waals surface area contributed by atoms with E-state index in [0.29, 0.717) is 6.54 Å². The number of rotatable bonds is 6. The maximum absolute atomic E-state index is 14.6. The van der Waals surface area contributed by atoms with Crippen LogP contribution in [0.4, 0.5) is 8.78 Å².